The van der Waals surface area contributed by atoms with Crippen molar-refractivity contribution in [1.29, 1.82) is 0 Å². The molecule has 0 aliphatic carbocycles. The van der Waals surface area contributed by atoms with E-state index in [0.717, 1.165) is 4.90 Å². The van der Waals surface area contributed by atoms with Crippen LogP contribution in [0, 0.1) is 6.92 Å². The summed E-state index contributed by atoms with van der Waals surface area (Å²) in [5.41, 5.74) is 5.42. The molecule has 1 aromatic carbocycles. The lowest BCUT2D eigenvalue weighted by molar-refractivity contribution is -0.138. The van der Waals surface area contributed by atoms with E-state index >= 15 is 0 Å². The summed E-state index contributed by atoms with van der Waals surface area (Å²) in [6.45, 7) is 0.378. The zero-order chi connectivity index (χ0) is 14.6. The molecule has 0 aliphatic heterocycles. The Bertz CT molecular complexity index is 511. The van der Waals surface area contributed by atoms with Crippen LogP contribution in [0.1, 0.15) is 15.9 Å². The Balaban J connectivity index is 3.07. The van der Waals surface area contributed by atoms with Gasteiger partial charge in [0.2, 0.25) is 5.91 Å². The number of nitrogens with two attached hydrogens (primary N) is 1. The lowest BCUT2D eigenvalue weighted by Crippen LogP contribution is -2.41. The average molecular weight is 266 g/mol. The summed E-state index contributed by atoms with van der Waals surface area (Å²) >= 11 is 0. The number of primary amides is 1. The van der Waals surface area contributed by atoms with Gasteiger partial charge in [-0.15, -0.1) is 0 Å². The summed E-state index contributed by atoms with van der Waals surface area (Å²) in [5, 5.41) is 18.2. The van der Waals surface area contributed by atoms with Crippen molar-refractivity contribution in [3.63, 3.8) is 0 Å². The normalized spacial score (nSPS) is 9.95. The molecule has 19 heavy (non-hydrogen) atoms. The number of aliphatic carboxylic acids is 1. The molecule has 2 amide bonds. The first-order valence-electron chi connectivity index (χ1n) is 5.41. The third-order valence-corrected chi connectivity index (χ3v) is 2.50. The van der Waals surface area contributed by atoms with Gasteiger partial charge >= 0.3 is 5.97 Å². The molecule has 0 fully saturated rings. The summed E-state index contributed by atoms with van der Waals surface area (Å²) in [4.78, 5) is 34.5. The van der Waals surface area contributed by atoms with Crippen LogP contribution in [0.25, 0.3) is 0 Å². The number of phenols is 1. The fourth-order valence-electron chi connectivity index (χ4n) is 1.58. The Morgan fingerprint density at radius 2 is 1.89 bits per heavy atom. The van der Waals surface area contributed by atoms with Crippen molar-refractivity contribution in [1.82, 2.24) is 4.90 Å². The number of hydrogen-bond donors (Lipinski definition) is 3. The van der Waals surface area contributed by atoms with Crippen molar-refractivity contribution in [2.75, 3.05) is 13.1 Å². The molecule has 1 rings (SSSR count). The monoisotopic (exact) mass is 266 g/mol. The number of phenolic OH excluding ortho intramolecular Hbond substituents is 1. The van der Waals surface area contributed by atoms with E-state index in [1.807, 2.05) is 0 Å². The van der Waals surface area contributed by atoms with Gasteiger partial charge in [0.1, 0.15) is 18.8 Å². The van der Waals surface area contributed by atoms with Crippen LogP contribution in [-0.4, -0.2) is 46.0 Å². The highest BCUT2D eigenvalue weighted by molar-refractivity contribution is 5.99. The van der Waals surface area contributed by atoms with Crippen LogP contribution in [0.15, 0.2) is 18.2 Å². The van der Waals surface area contributed by atoms with Gasteiger partial charge in [0.25, 0.3) is 5.91 Å². The van der Waals surface area contributed by atoms with Crippen LogP contribution in [0.4, 0.5) is 0 Å². The minimum atomic E-state index is -1.26. The van der Waals surface area contributed by atoms with E-state index in [9.17, 15) is 19.5 Å². The molecular weight excluding hydrogens is 252 g/mol. The fraction of sp³-hybridized carbons (Fsp3) is 0.250. The minimum absolute atomic E-state index is 0.0831. The first kappa shape index (κ1) is 14.5. The van der Waals surface area contributed by atoms with E-state index in [1.54, 1.807) is 0 Å². The average Bonchev–Trinajstić information content (AvgIpc) is 2.30. The van der Waals surface area contributed by atoms with Gasteiger partial charge in [-0.05, 0) is 19.1 Å². The lowest BCUT2D eigenvalue weighted by Gasteiger charge is -2.20. The van der Waals surface area contributed by atoms with Crippen LogP contribution in [-0.2, 0) is 9.59 Å². The number of carboxylic acid groups (broad SMARTS) is 1. The molecule has 0 atom stereocenters. The number of carbonyl (C=O) groups excluding carboxylic acids is 2. The molecule has 1 aromatic rings. The van der Waals surface area contributed by atoms with E-state index in [-0.39, 0.29) is 11.3 Å². The van der Waals surface area contributed by atoms with Gasteiger partial charge in [-0.2, -0.15) is 0 Å². The van der Waals surface area contributed by atoms with Gasteiger partial charge in [0.05, 0.1) is 0 Å². The Morgan fingerprint density at radius 3 is 2.42 bits per heavy atom. The van der Waals surface area contributed by atoms with Crippen molar-refractivity contribution in [2.45, 2.75) is 6.92 Å². The molecule has 0 radical (unpaired) electrons. The molecule has 0 aliphatic rings. The second-order valence-corrected chi connectivity index (χ2v) is 3.97. The van der Waals surface area contributed by atoms with Crippen LogP contribution in [0.2, 0.25) is 0 Å². The number of nitrogens with zero attached hydrogens (tertiary/aromatic N) is 1. The van der Waals surface area contributed by atoms with Crippen LogP contribution >= 0.6 is 0 Å². The lowest BCUT2D eigenvalue weighted by atomic mass is 10.1. The summed E-state index contributed by atoms with van der Waals surface area (Å²) in [6.07, 6.45) is 0. The number of benzene rings is 1. The molecule has 0 unspecified atom stereocenters. The van der Waals surface area contributed by atoms with E-state index in [1.165, 1.54) is 25.1 Å². The second kappa shape index (κ2) is 5.85. The molecule has 4 N–H and O–H groups in total. The van der Waals surface area contributed by atoms with E-state index in [2.05, 4.69) is 0 Å². The van der Waals surface area contributed by atoms with Crippen LogP contribution in [0.5, 0.6) is 5.75 Å². The van der Waals surface area contributed by atoms with Crippen molar-refractivity contribution < 1.29 is 24.6 Å². The SMILES string of the molecule is Cc1c(O)cccc1C(=O)N(CC(N)=O)CC(=O)O. The number of rotatable bonds is 5. The number of hydrogen-bond acceptors (Lipinski definition) is 4. The van der Waals surface area contributed by atoms with Crippen LogP contribution in [0.3, 0.4) is 0 Å². The number of carbonyl (C=O) groups is 3. The van der Waals surface area contributed by atoms with Crippen LogP contribution < -0.4 is 5.73 Å². The molecule has 0 spiro atoms. The smallest absolute Gasteiger partial charge is 0.323 e. The molecular formula is C12H14N2O5. The zero-order valence-corrected chi connectivity index (χ0v) is 10.3. The molecule has 0 heterocycles. The zero-order valence-electron chi connectivity index (χ0n) is 10.3. The summed E-state index contributed by atoms with van der Waals surface area (Å²) in [5.74, 6) is -2.82. The fourth-order valence-corrected chi connectivity index (χ4v) is 1.58. The number of amides is 2. The minimum Gasteiger partial charge on any atom is -0.508 e. The molecule has 7 nitrogen and oxygen atoms in total. The Hall–Kier alpha value is -2.57. The van der Waals surface area contributed by atoms with Gasteiger partial charge in [0, 0.05) is 11.1 Å². The van der Waals surface area contributed by atoms with Crippen molar-refractivity contribution in [2.24, 2.45) is 5.73 Å². The van der Waals surface area contributed by atoms with Crippen molar-refractivity contribution in [3.8, 4) is 5.75 Å². The van der Waals surface area contributed by atoms with Crippen molar-refractivity contribution >= 4 is 17.8 Å². The summed E-state index contributed by atoms with van der Waals surface area (Å²) in [6, 6.07) is 4.30. The number of carboxylic acids is 1. The standard InChI is InChI=1S/C12H14N2O5/c1-7-8(3-2-4-9(7)15)12(19)14(5-10(13)16)6-11(17)18/h2-4,15H,5-6H2,1H3,(H2,13,16)(H,17,18). The molecule has 0 aromatic heterocycles. The highest BCUT2D eigenvalue weighted by Gasteiger charge is 2.22. The Morgan fingerprint density at radius 1 is 1.26 bits per heavy atom. The Kier molecular flexibility index (Phi) is 4.46. The maximum atomic E-state index is 12.1. The molecule has 0 bridgehead atoms. The summed E-state index contributed by atoms with van der Waals surface area (Å²) in [7, 11) is 0. The molecule has 0 saturated carbocycles. The highest BCUT2D eigenvalue weighted by Crippen LogP contribution is 2.20. The predicted molar refractivity (Wildman–Crippen MR) is 65.6 cm³/mol. The van der Waals surface area contributed by atoms with Gasteiger partial charge in [-0.3, -0.25) is 14.4 Å². The number of aromatic hydroxyl groups is 1. The topological polar surface area (TPSA) is 121 Å². The quantitative estimate of drug-likeness (QED) is 0.676. The van der Waals surface area contributed by atoms with E-state index in [4.69, 9.17) is 10.8 Å². The molecule has 7 heteroatoms. The first-order chi connectivity index (χ1) is 8.82. The van der Waals surface area contributed by atoms with Gasteiger partial charge in [-0.1, -0.05) is 6.07 Å². The predicted octanol–water partition coefficient (Wildman–Crippen LogP) is -0.287. The maximum absolute atomic E-state index is 12.1. The maximum Gasteiger partial charge on any atom is 0.323 e. The third kappa shape index (κ3) is 3.70. The summed E-state index contributed by atoms with van der Waals surface area (Å²) < 4.78 is 0. The van der Waals surface area contributed by atoms with Crippen molar-refractivity contribution in [3.05, 3.63) is 29.3 Å². The Labute approximate surface area is 109 Å². The largest absolute Gasteiger partial charge is 0.508 e. The molecule has 0 saturated heterocycles. The molecule has 102 valence electrons. The third-order valence-electron chi connectivity index (χ3n) is 2.50. The highest BCUT2D eigenvalue weighted by atomic mass is 16.4. The van der Waals surface area contributed by atoms with Gasteiger partial charge < -0.3 is 20.8 Å². The second-order valence-electron chi connectivity index (χ2n) is 3.97. The van der Waals surface area contributed by atoms with Gasteiger partial charge in [-0.25, -0.2) is 0 Å². The van der Waals surface area contributed by atoms with E-state index < -0.39 is 30.9 Å². The van der Waals surface area contributed by atoms with Gasteiger partial charge in [0.15, 0.2) is 0 Å². The first-order valence-corrected chi connectivity index (χ1v) is 5.41. The van der Waals surface area contributed by atoms with E-state index in [0.29, 0.717) is 5.56 Å².